The van der Waals surface area contributed by atoms with Crippen LogP contribution in [0.4, 0.5) is 0 Å². The van der Waals surface area contributed by atoms with Gasteiger partial charge in [0.2, 0.25) is 5.89 Å². The van der Waals surface area contributed by atoms with Crippen molar-refractivity contribution in [3.05, 3.63) is 27.8 Å². The van der Waals surface area contributed by atoms with Gasteiger partial charge in [0.1, 0.15) is 0 Å². The molecular weight excluding hydrogens is 236 g/mol. The van der Waals surface area contributed by atoms with Crippen molar-refractivity contribution in [3.63, 3.8) is 0 Å². The monoisotopic (exact) mass is 250 g/mol. The van der Waals surface area contributed by atoms with E-state index in [0.29, 0.717) is 30.7 Å². The predicted octanol–water partition coefficient (Wildman–Crippen LogP) is 1.68. The molecule has 5 nitrogen and oxygen atoms in total. The van der Waals surface area contributed by atoms with Gasteiger partial charge in [-0.15, -0.1) is 11.3 Å². The smallest absolute Gasteiger partial charge is 0.240 e. The Kier molecular flexibility index (Phi) is 2.90. The van der Waals surface area contributed by atoms with Crippen molar-refractivity contribution >= 4 is 11.3 Å². The number of thiazole rings is 1. The minimum absolute atomic E-state index is 0.650. The van der Waals surface area contributed by atoms with E-state index in [4.69, 9.17) is 4.52 Å². The van der Waals surface area contributed by atoms with Crippen molar-refractivity contribution < 1.29 is 4.52 Å². The van der Waals surface area contributed by atoms with Crippen LogP contribution < -0.4 is 5.32 Å². The molecule has 2 aromatic heterocycles. The van der Waals surface area contributed by atoms with Crippen LogP contribution in [0.25, 0.3) is 0 Å². The van der Waals surface area contributed by atoms with E-state index in [9.17, 15) is 0 Å². The molecule has 0 spiro atoms. The van der Waals surface area contributed by atoms with Crippen molar-refractivity contribution in [2.24, 2.45) is 0 Å². The van der Waals surface area contributed by atoms with Crippen molar-refractivity contribution in [2.75, 3.05) is 0 Å². The number of nitrogens with zero attached hydrogens (tertiary/aromatic N) is 3. The molecule has 0 aliphatic heterocycles. The third-order valence-corrected chi connectivity index (χ3v) is 3.46. The topological polar surface area (TPSA) is 63.8 Å². The van der Waals surface area contributed by atoms with E-state index < -0.39 is 0 Å². The molecule has 0 aromatic carbocycles. The summed E-state index contributed by atoms with van der Waals surface area (Å²) in [7, 11) is 0. The summed E-state index contributed by atoms with van der Waals surface area (Å²) in [6.07, 6.45) is 3.18. The Morgan fingerprint density at radius 1 is 1.47 bits per heavy atom. The molecule has 1 aliphatic carbocycles. The Morgan fingerprint density at radius 2 is 2.35 bits per heavy atom. The lowest BCUT2D eigenvalue weighted by Gasteiger charge is -1.94. The highest BCUT2D eigenvalue weighted by Crippen LogP contribution is 2.19. The van der Waals surface area contributed by atoms with Crippen molar-refractivity contribution in [1.82, 2.24) is 20.4 Å². The minimum atomic E-state index is 0.650. The summed E-state index contributed by atoms with van der Waals surface area (Å²) in [5.41, 5.74) is 1.01. The SMILES string of the molecule is Cc1nc(Cc2noc(CNC3CC3)n2)cs1. The maximum Gasteiger partial charge on any atom is 0.240 e. The summed E-state index contributed by atoms with van der Waals surface area (Å²) in [6, 6.07) is 0.659. The lowest BCUT2D eigenvalue weighted by molar-refractivity contribution is 0.363. The van der Waals surface area contributed by atoms with Gasteiger partial charge in [-0.1, -0.05) is 5.16 Å². The normalized spacial score (nSPS) is 15.4. The fourth-order valence-corrected chi connectivity index (χ4v) is 2.22. The molecule has 0 radical (unpaired) electrons. The van der Waals surface area contributed by atoms with Crippen LogP contribution in [0.5, 0.6) is 0 Å². The highest BCUT2D eigenvalue weighted by Gasteiger charge is 2.21. The molecule has 0 unspecified atom stereocenters. The van der Waals surface area contributed by atoms with E-state index in [1.165, 1.54) is 12.8 Å². The van der Waals surface area contributed by atoms with E-state index in [0.717, 1.165) is 10.7 Å². The number of aromatic nitrogens is 3. The summed E-state index contributed by atoms with van der Waals surface area (Å²) >= 11 is 1.64. The molecule has 1 aliphatic rings. The predicted molar refractivity (Wildman–Crippen MR) is 63.8 cm³/mol. The molecular formula is C11H14N4OS. The van der Waals surface area contributed by atoms with Crippen LogP contribution in [0.1, 0.15) is 35.3 Å². The Morgan fingerprint density at radius 3 is 3.06 bits per heavy atom. The molecule has 1 N–H and O–H groups in total. The number of rotatable bonds is 5. The second kappa shape index (κ2) is 4.54. The van der Waals surface area contributed by atoms with Gasteiger partial charge in [-0.05, 0) is 19.8 Å². The quantitative estimate of drug-likeness (QED) is 0.874. The molecule has 0 bridgehead atoms. The summed E-state index contributed by atoms with van der Waals surface area (Å²) < 4.78 is 5.17. The standard InChI is InChI=1S/C11H14N4OS/c1-7-13-9(6-17-7)4-10-14-11(16-15-10)5-12-8-2-3-8/h6,8,12H,2-5H2,1H3. The lowest BCUT2D eigenvalue weighted by Crippen LogP contribution is -2.15. The van der Waals surface area contributed by atoms with Crippen LogP contribution >= 0.6 is 11.3 Å². The average Bonchev–Trinajstić information content (AvgIpc) is 2.90. The van der Waals surface area contributed by atoms with Gasteiger partial charge in [0.15, 0.2) is 5.82 Å². The summed E-state index contributed by atoms with van der Waals surface area (Å²) in [4.78, 5) is 8.72. The first kappa shape index (κ1) is 10.9. The summed E-state index contributed by atoms with van der Waals surface area (Å²) in [5.74, 6) is 1.38. The number of nitrogens with one attached hydrogen (secondary N) is 1. The Labute approximate surface area is 103 Å². The minimum Gasteiger partial charge on any atom is -0.338 e. The molecule has 6 heteroatoms. The average molecular weight is 250 g/mol. The van der Waals surface area contributed by atoms with Crippen molar-refractivity contribution in [1.29, 1.82) is 0 Å². The van der Waals surface area contributed by atoms with Crippen LogP contribution in [0, 0.1) is 6.92 Å². The molecule has 3 rings (SSSR count). The third kappa shape index (κ3) is 2.89. The van der Waals surface area contributed by atoms with Gasteiger partial charge in [-0.25, -0.2) is 4.98 Å². The highest BCUT2D eigenvalue weighted by molar-refractivity contribution is 7.09. The van der Waals surface area contributed by atoms with Crippen LogP contribution in [0.3, 0.4) is 0 Å². The van der Waals surface area contributed by atoms with E-state index >= 15 is 0 Å². The molecule has 2 aromatic rings. The Bertz CT molecular complexity index is 503. The van der Waals surface area contributed by atoms with Gasteiger partial charge in [0, 0.05) is 11.4 Å². The maximum absolute atomic E-state index is 5.17. The molecule has 1 fully saturated rings. The molecule has 2 heterocycles. The molecule has 1 saturated carbocycles. The Balaban J connectivity index is 1.59. The largest absolute Gasteiger partial charge is 0.338 e. The first-order chi connectivity index (χ1) is 8.29. The van der Waals surface area contributed by atoms with Gasteiger partial charge in [-0.2, -0.15) is 4.98 Å². The zero-order valence-corrected chi connectivity index (χ0v) is 10.5. The highest BCUT2D eigenvalue weighted by atomic mass is 32.1. The maximum atomic E-state index is 5.17. The van der Waals surface area contributed by atoms with Gasteiger partial charge in [0.05, 0.1) is 23.7 Å². The lowest BCUT2D eigenvalue weighted by atomic mass is 10.3. The first-order valence-corrected chi connectivity index (χ1v) is 6.63. The van der Waals surface area contributed by atoms with E-state index in [-0.39, 0.29) is 0 Å². The van der Waals surface area contributed by atoms with E-state index in [1.54, 1.807) is 11.3 Å². The molecule has 17 heavy (non-hydrogen) atoms. The fraction of sp³-hybridized carbons (Fsp3) is 0.545. The van der Waals surface area contributed by atoms with Crippen LogP contribution in [0.2, 0.25) is 0 Å². The van der Waals surface area contributed by atoms with Gasteiger partial charge >= 0.3 is 0 Å². The first-order valence-electron chi connectivity index (χ1n) is 5.75. The third-order valence-electron chi connectivity index (χ3n) is 2.64. The number of hydrogen-bond donors (Lipinski definition) is 1. The van der Waals surface area contributed by atoms with E-state index in [2.05, 4.69) is 20.4 Å². The molecule has 0 amide bonds. The number of hydrogen-bond acceptors (Lipinski definition) is 6. The van der Waals surface area contributed by atoms with Gasteiger partial charge in [0.25, 0.3) is 0 Å². The Hall–Kier alpha value is -1.27. The van der Waals surface area contributed by atoms with Crippen LogP contribution in [-0.4, -0.2) is 21.2 Å². The second-order valence-electron chi connectivity index (χ2n) is 4.29. The number of aryl methyl sites for hydroxylation is 1. The van der Waals surface area contributed by atoms with Crippen LogP contribution in [-0.2, 0) is 13.0 Å². The zero-order valence-electron chi connectivity index (χ0n) is 9.64. The summed E-state index contributed by atoms with van der Waals surface area (Å²) in [5, 5.41) is 10.4. The molecule has 0 atom stereocenters. The van der Waals surface area contributed by atoms with Crippen molar-refractivity contribution in [3.8, 4) is 0 Å². The zero-order chi connectivity index (χ0) is 11.7. The van der Waals surface area contributed by atoms with E-state index in [1.807, 2.05) is 12.3 Å². The molecule has 90 valence electrons. The second-order valence-corrected chi connectivity index (χ2v) is 5.36. The van der Waals surface area contributed by atoms with Gasteiger partial charge in [-0.3, -0.25) is 0 Å². The molecule has 0 saturated heterocycles. The fourth-order valence-electron chi connectivity index (χ4n) is 1.60. The van der Waals surface area contributed by atoms with Crippen molar-refractivity contribution in [2.45, 2.75) is 38.8 Å². The van der Waals surface area contributed by atoms with Gasteiger partial charge < -0.3 is 9.84 Å². The van der Waals surface area contributed by atoms with Crippen LogP contribution in [0.15, 0.2) is 9.90 Å². The summed E-state index contributed by atoms with van der Waals surface area (Å²) in [6.45, 7) is 2.67.